The summed E-state index contributed by atoms with van der Waals surface area (Å²) in [5.74, 6) is -0.196. The van der Waals surface area contributed by atoms with Gasteiger partial charge in [-0.1, -0.05) is 150 Å². The molecule has 9 heterocycles. The fourth-order valence-electron chi connectivity index (χ4n) is 13.0. The number of thiophene rings is 3. The molecule has 0 spiro atoms. The normalized spacial score (nSPS) is 16.3. The Hall–Kier alpha value is -7.92. The van der Waals surface area contributed by atoms with Gasteiger partial charge in [0.05, 0.1) is 101 Å². The van der Waals surface area contributed by atoms with Crippen LogP contribution in [0.15, 0.2) is 166 Å². The van der Waals surface area contributed by atoms with Gasteiger partial charge >= 0.3 is 0 Å². The number of ether oxygens (including phenoxy) is 3. The van der Waals surface area contributed by atoms with E-state index in [-0.39, 0.29) is 49.1 Å². The minimum absolute atomic E-state index is 0.0954. The Bertz CT molecular complexity index is 4700. The van der Waals surface area contributed by atoms with Gasteiger partial charge in [0.25, 0.3) is 17.7 Å². The highest BCUT2D eigenvalue weighted by Gasteiger charge is 2.35. The number of nitrogens with one attached hydrogen (secondary N) is 3. The molecule has 6 aromatic heterocycles. The Kier molecular flexibility index (Phi) is 23.6. The van der Waals surface area contributed by atoms with Crippen LogP contribution in [0.4, 0.5) is 0 Å². The first-order chi connectivity index (χ1) is 49.5. The van der Waals surface area contributed by atoms with E-state index in [9.17, 15) is 14.4 Å². The van der Waals surface area contributed by atoms with Gasteiger partial charge < -0.3 is 30.2 Å². The molecule has 3 aliphatic heterocycles. The molecule has 1 saturated carbocycles. The molecule has 3 amide bonds. The molecule has 0 saturated heterocycles. The van der Waals surface area contributed by atoms with Gasteiger partial charge in [0, 0.05) is 54.5 Å². The first kappa shape index (κ1) is 72.4. The van der Waals surface area contributed by atoms with Gasteiger partial charge in [0.15, 0.2) is 17.1 Å². The molecule has 0 bridgehead atoms. The molecule has 15 rings (SSSR count). The van der Waals surface area contributed by atoms with Crippen LogP contribution >= 0.6 is 104 Å². The Morgan fingerprint density at radius 1 is 0.441 bits per heavy atom. The van der Waals surface area contributed by atoms with Gasteiger partial charge in [-0.3, -0.25) is 14.4 Å². The van der Waals surface area contributed by atoms with Crippen LogP contribution in [0.25, 0.3) is 52.0 Å². The molecular weight excluding hydrogens is 1470 g/mol. The molecule has 102 heavy (non-hydrogen) atoms. The number of amides is 3. The fraction of sp³-hybridized carbons (Fsp3) is 0.231. The molecule has 3 N–H and O–H groups in total. The van der Waals surface area contributed by atoms with Crippen LogP contribution in [-0.4, -0.2) is 72.9 Å². The fourth-order valence-corrected chi connectivity index (χ4v) is 16.3. The van der Waals surface area contributed by atoms with Crippen molar-refractivity contribution in [3.05, 3.63) is 275 Å². The minimum atomic E-state index is -0.267. The Balaban J connectivity index is 0.000000137. The van der Waals surface area contributed by atoms with E-state index in [4.69, 9.17) is 99.1 Å². The third-order valence-corrected chi connectivity index (χ3v) is 21.8. The maximum absolute atomic E-state index is 13.5. The summed E-state index contributed by atoms with van der Waals surface area (Å²) in [6, 6.07) is 41.3. The first-order valence-electron chi connectivity index (χ1n) is 33.2. The van der Waals surface area contributed by atoms with E-state index in [0.29, 0.717) is 96.6 Å². The van der Waals surface area contributed by atoms with E-state index in [0.717, 1.165) is 91.2 Å². The number of rotatable bonds is 15. The number of nitrogens with zero attached hydrogens (tertiary/aromatic N) is 6. The lowest BCUT2D eigenvalue weighted by molar-refractivity contribution is 0.0902. The second-order valence-electron chi connectivity index (χ2n) is 25.1. The van der Waals surface area contributed by atoms with Crippen molar-refractivity contribution in [2.45, 2.75) is 90.8 Å². The monoisotopic (exact) mass is 1530 g/mol. The third-order valence-electron chi connectivity index (χ3n) is 18.1. The molecule has 24 heteroatoms. The zero-order valence-electron chi connectivity index (χ0n) is 55.6. The number of halogens is 6. The molecule has 3 atom stereocenters. The summed E-state index contributed by atoms with van der Waals surface area (Å²) in [6.07, 6.45) is 12.3. The van der Waals surface area contributed by atoms with Crippen LogP contribution < -0.4 is 16.0 Å². The quantitative estimate of drug-likeness (QED) is 0.0905. The Labute approximate surface area is 633 Å². The number of carbonyl (C=O) groups excluding carboxylic acids is 3. The lowest BCUT2D eigenvalue weighted by Gasteiger charge is -2.28. The van der Waals surface area contributed by atoms with Crippen molar-refractivity contribution in [2.75, 3.05) is 19.8 Å². The number of hydrogen-bond acceptors (Lipinski definition) is 12. The van der Waals surface area contributed by atoms with E-state index in [1.54, 1.807) is 84.5 Å². The predicted octanol–water partition coefficient (Wildman–Crippen LogP) is 20.6. The van der Waals surface area contributed by atoms with Crippen LogP contribution in [0.3, 0.4) is 0 Å². The summed E-state index contributed by atoms with van der Waals surface area (Å²) < 4.78 is 22.9. The highest BCUT2D eigenvalue weighted by atomic mass is 35.5. The van der Waals surface area contributed by atoms with Crippen LogP contribution in [0.2, 0.25) is 30.1 Å². The molecule has 1 fully saturated rings. The van der Waals surface area contributed by atoms with Gasteiger partial charge in [-0.15, -0.1) is 0 Å². The third kappa shape index (κ3) is 16.7. The van der Waals surface area contributed by atoms with E-state index < -0.39 is 0 Å². The smallest absolute Gasteiger partial charge is 0.272 e. The summed E-state index contributed by atoms with van der Waals surface area (Å²) in [5, 5.41) is 38.9. The average Bonchev–Trinajstić information content (AvgIpc) is 1.61. The van der Waals surface area contributed by atoms with Crippen LogP contribution in [0.5, 0.6) is 0 Å². The van der Waals surface area contributed by atoms with Gasteiger partial charge in [0.2, 0.25) is 0 Å². The highest BCUT2D eigenvalue weighted by molar-refractivity contribution is 7.08. The predicted molar refractivity (Wildman–Crippen MR) is 414 cm³/mol. The van der Waals surface area contributed by atoms with E-state index in [2.05, 4.69) is 63.3 Å². The molecule has 4 aliphatic rings. The number of hydrogen-bond donors (Lipinski definition) is 3. The molecule has 1 aliphatic carbocycles. The first-order valence-corrected chi connectivity index (χ1v) is 38.3. The zero-order valence-corrected chi connectivity index (χ0v) is 62.6. The van der Waals surface area contributed by atoms with Gasteiger partial charge in [-0.25, -0.2) is 14.0 Å². The molecule has 0 radical (unpaired) electrons. The van der Waals surface area contributed by atoms with Crippen LogP contribution in [0, 0.1) is 5.92 Å². The lowest BCUT2D eigenvalue weighted by atomic mass is 9.84. The second-order valence-corrected chi connectivity index (χ2v) is 29.9. The van der Waals surface area contributed by atoms with Crippen LogP contribution in [0.1, 0.15) is 158 Å². The number of fused-ring (bicyclic) bond motifs is 3. The molecule has 11 aromatic rings. The van der Waals surface area contributed by atoms with E-state index in [1.165, 1.54) is 19.3 Å². The largest absolute Gasteiger partial charge is 0.372 e. The molecule has 15 nitrogen and oxygen atoms in total. The van der Waals surface area contributed by atoms with Crippen molar-refractivity contribution in [1.82, 2.24) is 45.3 Å². The topological polar surface area (TPSA) is 168 Å². The highest BCUT2D eigenvalue weighted by Crippen LogP contribution is 2.40. The molecule has 5 aromatic carbocycles. The van der Waals surface area contributed by atoms with Crippen molar-refractivity contribution in [1.29, 1.82) is 0 Å². The summed E-state index contributed by atoms with van der Waals surface area (Å²) in [4.78, 5) is 40.2. The molecule has 0 unspecified atom stereocenters. The maximum atomic E-state index is 13.5. The van der Waals surface area contributed by atoms with E-state index in [1.807, 2.05) is 121 Å². The second kappa shape index (κ2) is 33.2. The average molecular weight is 1540 g/mol. The molecule has 522 valence electrons. The van der Waals surface area contributed by atoms with Crippen molar-refractivity contribution < 1.29 is 28.6 Å². The van der Waals surface area contributed by atoms with Crippen LogP contribution in [-0.2, 0) is 34.0 Å². The van der Waals surface area contributed by atoms with E-state index >= 15 is 0 Å². The van der Waals surface area contributed by atoms with Crippen molar-refractivity contribution >= 4 is 156 Å². The summed E-state index contributed by atoms with van der Waals surface area (Å²) >= 11 is 43.0. The molecular formula is C78H69Cl6N9O6S3. The lowest BCUT2D eigenvalue weighted by Crippen LogP contribution is -2.39. The number of benzene rings is 5. The maximum Gasteiger partial charge on any atom is 0.272 e. The summed E-state index contributed by atoms with van der Waals surface area (Å²) in [7, 11) is 0. The summed E-state index contributed by atoms with van der Waals surface area (Å²) in [6.45, 7) is 8.12. The van der Waals surface area contributed by atoms with Crippen molar-refractivity contribution in [2.24, 2.45) is 5.92 Å². The van der Waals surface area contributed by atoms with Gasteiger partial charge in [-0.05, 0) is 191 Å². The van der Waals surface area contributed by atoms with Crippen molar-refractivity contribution in [3.8, 4) is 17.1 Å². The SMILES string of the molecule is C[C@@H](NC(=O)c1nn(-c2ccc(Cl)cc2Cl)c2c1COC/C2=C\c1ccsc1)c1ccccc1.C[C@H](NC(=O)c1nn(-c2ccc(Cl)cc2Cl)c2c1COC/C2=C\c1ccsc1)C1CCCCC1.C[C@H](NC(=O)c1nn(-c2ccc(Cl)cc2Cl)c2c1COC/C2=C\c1ccsc1)c1ccccc1. The number of aromatic nitrogens is 6. The summed E-state index contributed by atoms with van der Waals surface area (Å²) in [5.41, 5.74) is 15.8. The number of carbonyl (C=O) groups is 3. The van der Waals surface area contributed by atoms with Gasteiger partial charge in [-0.2, -0.15) is 49.3 Å². The van der Waals surface area contributed by atoms with Gasteiger partial charge in [0.1, 0.15) is 0 Å². The van der Waals surface area contributed by atoms with Crippen molar-refractivity contribution in [3.63, 3.8) is 0 Å². The minimum Gasteiger partial charge on any atom is -0.372 e. The zero-order chi connectivity index (χ0) is 71.0. The Morgan fingerprint density at radius 3 is 1.09 bits per heavy atom. The standard InChI is InChI=1S/C26H27Cl2N3O2S.2C26H21Cl2N3O2S/c3*1-16(18-5-3-2-4-6-18)29-26(32)24-21-14-33-13-19(11-17-9-10-34-15-17)25(21)31(30-24)23-8-7-20(27)12-22(23)28/h7-12,15-16,18H,2-6,13-14H2,1H3,(H,29,32);2*2-12,15-16H,13-14H2,1H3,(H,29,32)/b3*19-11+/t3*16-/m010/s1. The Morgan fingerprint density at radius 2 is 0.775 bits per heavy atom.